The summed E-state index contributed by atoms with van der Waals surface area (Å²) >= 11 is 0. The second kappa shape index (κ2) is 6.31. The fraction of sp³-hybridized carbons (Fsp3) is 0.750. The van der Waals surface area contributed by atoms with Crippen LogP contribution in [0.2, 0.25) is 0 Å². The number of carbonyl (C=O) groups excluding carboxylic acids is 1. The zero-order chi connectivity index (χ0) is 12.8. The lowest BCUT2D eigenvalue weighted by atomic mass is 10.2. The molecular weight excluding hydrogens is 231 g/mol. The second-order valence-corrected chi connectivity index (χ2v) is 3.09. The number of aliphatic hydroxyl groups excluding tert-OH is 1. The topological polar surface area (TPSA) is 86.6 Å². The number of halogens is 3. The molecular formula is C8H12F3NO4. The molecule has 16 heavy (non-hydrogen) atoms. The largest absolute Gasteiger partial charge is 0.480 e. The van der Waals surface area contributed by atoms with Crippen LogP contribution in [-0.4, -0.2) is 40.9 Å². The lowest BCUT2D eigenvalue weighted by Crippen LogP contribution is -2.41. The van der Waals surface area contributed by atoms with E-state index in [0.29, 0.717) is 0 Å². The molecule has 8 heteroatoms. The van der Waals surface area contributed by atoms with Crippen LogP contribution in [-0.2, 0) is 9.59 Å². The van der Waals surface area contributed by atoms with Gasteiger partial charge in [-0.2, -0.15) is 13.2 Å². The summed E-state index contributed by atoms with van der Waals surface area (Å²) < 4.78 is 35.2. The summed E-state index contributed by atoms with van der Waals surface area (Å²) in [5.41, 5.74) is 0. The van der Waals surface area contributed by atoms with Crippen LogP contribution in [0, 0.1) is 0 Å². The number of rotatable bonds is 6. The first-order chi connectivity index (χ1) is 7.26. The quantitative estimate of drug-likeness (QED) is 0.625. The Hall–Kier alpha value is -1.31. The molecule has 0 rings (SSSR count). The molecule has 0 aliphatic carbocycles. The van der Waals surface area contributed by atoms with Gasteiger partial charge in [-0.15, -0.1) is 0 Å². The van der Waals surface area contributed by atoms with Crippen molar-refractivity contribution in [3.05, 3.63) is 0 Å². The molecule has 1 atom stereocenters. The van der Waals surface area contributed by atoms with Crippen LogP contribution in [0.15, 0.2) is 0 Å². The molecule has 0 unspecified atom stereocenters. The van der Waals surface area contributed by atoms with Crippen molar-refractivity contribution in [2.75, 3.05) is 6.61 Å². The van der Waals surface area contributed by atoms with Gasteiger partial charge in [-0.25, -0.2) is 4.79 Å². The van der Waals surface area contributed by atoms with Crippen LogP contribution in [0.1, 0.15) is 19.3 Å². The standard InChI is InChI=1S/C8H12F3NO4/c9-8(10,11)3-1-6(14)12-5(2-4-13)7(15)16/h5,13H,1-4H2,(H,12,14)(H,15,16)/t5-/m0/s1. The average Bonchev–Trinajstić information content (AvgIpc) is 2.13. The molecule has 0 saturated heterocycles. The monoisotopic (exact) mass is 243 g/mol. The fourth-order valence-corrected chi connectivity index (χ4v) is 0.908. The molecule has 0 fully saturated rings. The Morgan fingerprint density at radius 2 is 1.88 bits per heavy atom. The van der Waals surface area contributed by atoms with Crippen LogP contribution in [0.5, 0.6) is 0 Å². The maximum atomic E-state index is 11.7. The van der Waals surface area contributed by atoms with Gasteiger partial charge in [0.1, 0.15) is 6.04 Å². The SMILES string of the molecule is O=C(CCC(F)(F)F)N[C@@H](CCO)C(=O)O. The molecule has 0 aromatic heterocycles. The summed E-state index contributed by atoms with van der Waals surface area (Å²) in [7, 11) is 0. The molecule has 1 amide bonds. The molecule has 0 saturated carbocycles. The fourth-order valence-electron chi connectivity index (χ4n) is 0.908. The number of nitrogens with one attached hydrogen (secondary N) is 1. The van der Waals surface area contributed by atoms with Crippen molar-refractivity contribution in [2.45, 2.75) is 31.5 Å². The van der Waals surface area contributed by atoms with Gasteiger partial charge in [0.15, 0.2) is 0 Å². The van der Waals surface area contributed by atoms with E-state index in [1.807, 2.05) is 5.32 Å². The maximum absolute atomic E-state index is 11.7. The van der Waals surface area contributed by atoms with E-state index in [4.69, 9.17) is 10.2 Å². The van der Waals surface area contributed by atoms with Crippen LogP contribution in [0.3, 0.4) is 0 Å². The first-order valence-electron chi connectivity index (χ1n) is 4.46. The highest BCUT2D eigenvalue weighted by Gasteiger charge is 2.29. The molecule has 0 radical (unpaired) electrons. The summed E-state index contributed by atoms with van der Waals surface area (Å²) in [5, 5.41) is 18.9. The van der Waals surface area contributed by atoms with Crippen LogP contribution < -0.4 is 5.32 Å². The Morgan fingerprint density at radius 1 is 1.31 bits per heavy atom. The average molecular weight is 243 g/mol. The number of carboxylic acids is 1. The van der Waals surface area contributed by atoms with Gasteiger partial charge >= 0.3 is 12.1 Å². The maximum Gasteiger partial charge on any atom is 0.389 e. The predicted molar refractivity (Wildman–Crippen MR) is 46.6 cm³/mol. The van der Waals surface area contributed by atoms with Crippen molar-refractivity contribution in [2.24, 2.45) is 0 Å². The van der Waals surface area contributed by atoms with E-state index in [-0.39, 0.29) is 6.42 Å². The highest BCUT2D eigenvalue weighted by molar-refractivity contribution is 5.83. The number of hydrogen-bond donors (Lipinski definition) is 3. The Kier molecular flexibility index (Phi) is 5.79. The predicted octanol–water partition coefficient (Wildman–Crippen LogP) is 0.281. The third-order valence-corrected chi connectivity index (χ3v) is 1.69. The van der Waals surface area contributed by atoms with Crippen molar-refractivity contribution in [1.29, 1.82) is 0 Å². The number of carbonyl (C=O) groups is 2. The minimum absolute atomic E-state index is 0.243. The van der Waals surface area contributed by atoms with E-state index in [1.165, 1.54) is 0 Å². The Bertz CT molecular complexity index is 254. The van der Waals surface area contributed by atoms with Gasteiger partial charge in [0, 0.05) is 19.4 Å². The summed E-state index contributed by atoms with van der Waals surface area (Å²) in [6.07, 6.45) is -6.82. The van der Waals surface area contributed by atoms with Gasteiger partial charge in [0.25, 0.3) is 0 Å². The van der Waals surface area contributed by atoms with Gasteiger partial charge < -0.3 is 15.5 Å². The minimum Gasteiger partial charge on any atom is -0.480 e. The number of aliphatic carboxylic acids is 1. The van der Waals surface area contributed by atoms with Gasteiger partial charge in [-0.05, 0) is 0 Å². The van der Waals surface area contributed by atoms with E-state index in [2.05, 4.69) is 0 Å². The molecule has 0 aromatic rings. The van der Waals surface area contributed by atoms with Crippen LogP contribution in [0.25, 0.3) is 0 Å². The van der Waals surface area contributed by atoms with Crippen LogP contribution in [0.4, 0.5) is 13.2 Å². The van der Waals surface area contributed by atoms with E-state index in [1.54, 1.807) is 0 Å². The molecule has 0 aliphatic heterocycles. The van der Waals surface area contributed by atoms with Crippen molar-refractivity contribution >= 4 is 11.9 Å². The number of carboxylic acid groups (broad SMARTS) is 1. The third kappa shape index (κ3) is 7.04. The number of hydrogen-bond acceptors (Lipinski definition) is 3. The second-order valence-electron chi connectivity index (χ2n) is 3.09. The molecule has 94 valence electrons. The number of amides is 1. The zero-order valence-electron chi connectivity index (χ0n) is 8.25. The summed E-state index contributed by atoms with van der Waals surface area (Å²) in [6, 6.07) is -1.36. The highest BCUT2D eigenvalue weighted by atomic mass is 19.4. The molecule has 0 aromatic carbocycles. The van der Waals surface area contributed by atoms with Crippen LogP contribution >= 0.6 is 0 Å². The summed E-state index contributed by atoms with van der Waals surface area (Å²) in [6.45, 7) is -0.476. The third-order valence-electron chi connectivity index (χ3n) is 1.69. The van der Waals surface area contributed by atoms with E-state index in [9.17, 15) is 22.8 Å². The molecule has 5 nitrogen and oxygen atoms in total. The smallest absolute Gasteiger partial charge is 0.389 e. The van der Waals surface area contributed by atoms with Crippen molar-refractivity contribution < 1.29 is 33.0 Å². The number of aliphatic hydroxyl groups is 1. The Labute approximate surface area is 89.3 Å². The van der Waals surface area contributed by atoms with Gasteiger partial charge in [0.05, 0.1) is 6.42 Å². The molecule has 3 N–H and O–H groups in total. The molecule has 0 aliphatic rings. The van der Waals surface area contributed by atoms with E-state index in [0.717, 1.165) is 0 Å². The normalized spacial score (nSPS) is 13.2. The Balaban J connectivity index is 4.05. The molecule has 0 heterocycles. The molecule has 0 spiro atoms. The zero-order valence-corrected chi connectivity index (χ0v) is 8.25. The van der Waals surface area contributed by atoms with Crippen molar-refractivity contribution in [3.8, 4) is 0 Å². The minimum atomic E-state index is -4.45. The van der Waals surface area contributed by atoms with Gasteiger partial charge in [-0.3, -0.25) is 4.79 Å². The first-order valence-corrected chi connectivity index (χ1v) is 4.46. The lowest BCUT2D eigenvalue weighted by molar-refractivity contribution is -0.147. The Morgan fingerprint density at radius 3 is 2.25 bits per heavy atom. The van der Waals surface area contributed by atoms with Crippen molar-refractivity contribution in [3.63, 3.8) is 0 Å². The van der Waals surface area contributed by atoms with E-state index >= 15 is 0 Å². The highest BCUT2D eigenvalue weighted by Crippen LogP contribution is 2.21. The lowest BCUT2D eigenvalue weighted by Gasteiger charge is -2.13. The van der Waals surface area contributed by atoms with Gasteiger partial charge in [0.2, 0.25) is 5.91 Å². The van der Waals surface area contributed by atoms with Gasteiger partial charge in [-0.1, -0.05) is 0 Å². The number of alkyl halides is 3. The summed E-state index contributed by atoms with van der Waals surface area (Å²) in [5.74, 6) is -2.40. The first kappa shape index (κ1) is 14.7. The van der Waals surface area contributed by atoms with Crippen molar-refractivity contribution in [1.82, 2.24) is 5.32 Å². The van der Waals surface area contributed by atoms with E-state index < -0.39 is 43.5 Å². The summed E-state index contributed by atoms with van der Waals surface area (Å²) in [4.78, 5) is 21.4. The molecule has 0 bridgehead atoms.